The number of halogens is 2. The Bertz CT molecular complexity index is 1770. The molecule has 2 aliphatic heterocycles. The summed E-state index contributed by atoms with van der Waals surface area (Å²) in [7, 11) is -5.79. The first-order valence-electron chi connectivity index (χ1n) is 15.6. The molecule has 2 aromatic carbocycles. The molecule has 2 saturated heterocycles. The van der Waals surface area contributed by atoms with Crippen LogP contribution in [-0.2, 0) is 24.6 Å². The summed E-state index contributed by atoms with van der Waals surface area (Å²) in [5.41, 5.74) is -4.99. The lowest BCUT2D eigenvalue weighted by Crippen LogP contribution is -2.65. The van der Waals surface area contributed by atoms with Gasteiger partial charge in [-0.05, 0) is 41.0 Å². The summed E-state index contributed by atoms with van der Waals surface area (Å²) in [5.74, 6) is -1.47. The van der Waals surface area contributed by atoms with Crippen LogP contribution in [0.25, 0.3) is 10.1 Å². The van der Waals surface area contributed by atoms with Crippen molar-refractivity contribution in [2.24, 2.45) is 5.41 Å². The molecule has 0 spiro atoms. The standard InChI is InChI=1S/C33H39F2N4O7PS/c1-20(40)37-14-15-39(25(19-37)30(42)38-13-12-22(18-38)21-8-6-5-7-9-21)31(43)28(32(2,3)4)36-29(41)27-17-23-16-24(10-11-26(23)48-27)33(34,35)47(44,45)46/h5-11,16-17,22,25,28H,12-15,18-19H2,1-4H3,(H,36,41)(H2,44,45,46). The number of hydrogen-bond acceptors (Lipinski definition) is 6. The maximum atomic E-state index is 14.3. The zero-order valence-corrected chi connectivity index (χ0v) is 28.8. The molecule has 4 amide bonds. The Balaban J connectivity index is 1.38. The average Bonchev–Trinajstić information content (AvgIpc) is 3.70. The molecular formula is C33H39F2N4O7PS. The smallest absolute Gasteiger partial charge is 0.340 e. The van der Waals surface area contributed by atoms with Crippen LogP contribution >= 0.6 is 18.9 Å². The summed E-state index contributed by atoms with van der Waals surface area (Å²) in [6.45, 7) is 8.04. The number of carbonyl (C=O) groups excluding carboxylic acids is 4. The molecule has 2 fully saturated rings. The van der Waals surface area contributed by atoms with Crippen molar-refractivity contribution >= 4 is 52.6 Å². The van der Waals surface area contributed by atoms with Gasteiger partial charge in [0.15, 0.2) is 0 Å². The van der Waals surface area contributed by atoms with Crippen molar-refractivity contribution < 1.29 is 42.3 Å². The first-order valence-corrected chi connectivity index (χ1v) is 18.0. The number of nitrogens with zero attached hydrogens (tertiary/aromatic N) is 3. The number of thiophene rings is 1. The molecule has 0 radical (unpaired) electrons. The number of alkyl halides is 2. The van der Waals surface area contributed by atoms with Crippen LogP contribution in [0.5, 0.6) is 0 Å². The molecule has 3 atom stereocenters. The molecule has 258 valence electrons. The van der Waals surface area contributed by atoms with Crippen molar-refractivity contribution in [3.8, 4) is 0 Å². The summed E-state index contributed by atoms with van der Waals surface area (Å²) < 4.78 is 40.5. The number of likely N-dealkylation sites (tertiary alicyclic amines) is 1. The highest BCUT2D eigenvalue weighted by molar-refractivity contribution is 7.52. The molecule has 5 rings (SSSR count). The van der Waals surface area contributed by atoms with Crippen LogP contribution in [0.2, 0.25) is 0 Å². The summed E-state index contributed by atoms with van der Waals surface area (Å²) >= 11 is 0.975. The summed E-state index contributed by atoms with van der Waals surface area (Å²) in [5, 5.41) is 2.97. The number of carbonyl (C=O) groups is 4. The monoisotopic (exact) mass is 704 g/mol. The van der Waals surface area contributed by atoms with E-state index >= 15 is 0 Å². The van der Waals surface area contributed by atoms with Gasteiger partial charge in [-0.1, -0.05) is 57.2 Å². The zero-order chi connectivity index (χ0) is 35.2. The largest absolute Gasteiger partial charge is 0.399 e. The van der Waals surface area contributed by atoms with Crippen molar-refractivity contribution in [2.75, 3.05) is 32.7 Å². The van der Waals surface area contributed by atoms with Gasteiger partial charge in [0.1, 0.15) is 12.1 Å². The average molecular weight is 705 g/mol. The van der Waals surface area contributed by atoms with Crippen LogP contribution in [0.1, 0.15) is 60.8 Å². The Labute approximate surface area is 281 Å². The minimum atomic E-state index is -5.79. The van der Waals surface area contributed by atoms with E-state index in [1.54, 1.807) is 30.6 Å². The van der Waals surface area contributed by atoms with Crippen LogP contribution in [0.4, 0.5) is 8.78 Å². The van der Waals surface area contributed by atoms with Gasteiger partial charge in [-0.3, -0.25) is 23.7 Å². The third-order valence-electron chi connectivity index (χ3n) is 9.01. The van der Waals surface area contributed by atoms with Crippen molar-refractivity contribution in [3.05, 3.63) is 70.6 Å². The highest BCUT2D eigenvalue weighted by Crippen LogP contribution is 2.59. The highest BCUT2D eigenvalue weighted by atomic mass is 32.1. The molecule has 3 heterocycles. The summed E-state index contributed by atoms with van der Waals surface area (Å²) in [4.78, 5) is 77.4. The molecule has 15 heteroatoms. The lowest BCUT2D eigenvalue weighted by Gasteiger charge is -2.44. The summed E-state index contributed by atoms with van der Waals surface area (Å²) in [6.07, 6.45) is 0.765. The molecule has 1 aromatic heterocycles. The third-order valence-corrected chi connectivity index (χ3v) is 11.1. The van der Waals surface area contributed by atoms with Gasteiger partial charge in [0.25, 0.3) is 5.91 Å². The molecule has 3 unspecified atom stereocenters. The fourth-order valence-electron chi connectivity index (χ4n) is 6.24. The lowest BCUT2D eigenvalue weighted by atomic mass is 9.85. The number of amides is 4. The van der Waals surface area contributed by atoms with Crippen LogP contribution in [0, 0.1) is 5.41 Å². The predicted molar refractivity (Wildman–Crippen MR) is 177 cm³/mol. The predicted octanol–water partition coefficient (Wildman–Crippen LogP) is 4.35. The quantitative estimate of drug-likeness (QED) is 0.310. The second-order valence-corrected chi connectivity index (χ2v) is 16.1. The van der Waals surface area contributed by atoms with Gasteiger partial charge < -0.3 is 29.8 Å². The normalized spacial score (nSPS) is 19.8. The molecule has 48 heavy (non-hydrogen) atoms. The second kappa shape index (κ2) is 13.3. The maximum Gasteiger partial charge on any atom is 0.399 e. The number of nitrogens with one attached hydrogen (secondary N) is 1. The maximum absolute atomic E-state index is 14.3. The zero-order valence-electron chi connectivity index (χ0n) is 27.1. The van der Waals surface area contributed by atoms with E-state index in [0.29, 0.717) is 17.8 Å². The summed E-state index contributed by atoms with van der Waals surface area (Å²) in [6, 6.07) is 12.3. The fraction of sp³-hybridized carbons (Fsp3) is 0.455. The Kier molecular flexibility index (Phi) is 9.86. The lowest BCUT2D eigenvalue weighted by molar-refractivity contribution is -0.154. The second-order valence-electron chi connectivity index (χ2n) is 13.4. The Morgan fingerprint density at radius 3 is 2.27 bits per heavy atom. The van der Waals surface area contributed by atoms with Crippen molar-refractivity contribution in [3.63, 3.8) is 0 Å². The highest BCUT2D eigenvalue weighted by Gasteiger charge is 2.50. The Hall–Kier alpha value is -3.71. The number of benzene rings is 2. The van der Waals surface area contributed by atoms with E-state index in [9.17, 15) is 32.5 Å². The molecule has 0 bridgehead atoms. The van der Waals surface area contributed by atoms with Crippen molar-refractivity contribution in [2.45, 2.75) is 57.8 Å². The molecule has 11 nitrogen and oxygen atoms in total. The van der Waals surface area contributed by atoms with E-state index in [-0.39, 0.29) is 47.6 Å². The van der Waals surface area contributed by atoms with Crippen LogP contribution in [0.3, 0.4) is 0 Å². The van der Waals surface area contributed by atoms with Gasteiger partial charge in [-0.25, -0.2) is 0 Å². The van der Waals surface area contributed by atoms with E-state index in [0.717, 1.165) is 35.5 Å². The van der Waals surface area contributed by atoms with E-state index in [1.807, 2.05) is 30.3 Å². The molecule has 0 saturated carbocycles. The van der Waals surface area contributed by atoms with E-state index in [1.165, 1.54) is 24.0 Å². The van der Waals surface area contributed by atoms with Gasteiger partial charge in [-0.2, -0.15) is 8.78 Å². The Morgan fingerprint density at radius 1 is 0.958 bits per heavy atom. The molecule has 3 N–H and O–H groups in total. The van der Waals surface area contributed by atoms with Crippen LogP contribution < -0.4 is 5.32 Å². The minimum Gasteiger partial charge on any atom is -0.340 e. The first kappa shape index (κ1) is 35.6. The fourth-order valence-corrected chi connectivity index (χ4v) is 7.66. The number of hydrogen-bond donors (Lipinski definition) is 3. The van der Waals surface area contributed by atoms with E-state index in [4.69, 9.17) is 9.79 Å². The topological polar surface area (TPSA) is 148 Å². The Morgan fingerprint density at radius 2 is 1.65 bits per heavy atom. The van der Waals surface area contributed by atoms with Crippen molar-refractivity contribution in [1.29, 1.82) is 0 Å². The molecule has 2 aliphatic rings. The number of rotatable bonds is 7. The SMILES string of the molecule is CC(=O)N1CCN(C(=O)C(NC(=O)c2cc3cc(C(F)(F)P(=O)(O)O)ccc3s2)C(C)(C)C)C(C(=O)N2CCC(c3ccccc3)C2)C1. The molecular weight excluding hydrogens is 665 g/mol. The van der Waals surface area contributed by atoms with Crippen LogP contribution in [0.15, 0.2) is 54.6 Å². The molecule has 3 aromatic rings. The number of fused-ring (bicyclic) bond motifs is 1. The van der Waals surface area contributed by atoms with Gasteiger partial charge in [0.05, 0.1) is 11.4 Å². The van der Waals surface area contributed by atoms with Gasteiger partial charge in [0.2, 0.25) is 17.7 Å². The van der Waals surface area contributed by atoms with E-state index < -0.39 is 48.1 Å². The van der Waals surface area contributed by atoms with Crippen molar-refractivity contribution in [1.82, 2.24) is 20.0 Å². The van der Waals surface area contributed by atoms with Gasteiger partial charge >= 0.3 is 13.3 Å². The van der Waals surface area contributed by atoms with Crippen LogP contribution in [-0.4, -0.2) is 92.9 Å². The number of piperazine rings is 1. The first-order chi connectivity index (χ1) is 22.4. The van der Waals surface area contributed by atoms with Gasteiger partial charge in [-0.15, -0.1) is 11.3 Å². The third kappa shape index (κ3) is 7.17. The van der Waals surface area contributed by atoms with Gasteiger partial charge in [0, 0.05) is 49.3 Å². The minimum absolute atomic E-state index is 0.0229. The molecule has 0 aliphatic carbocycles. The van der Waals surface area contributed by atoms with E-state index in [2.05, 4.69) is 5.32 Å².